The molecule has 7 aromatic rings. The molecule has 8 heteroatoms. The van der Waals surface area contributed by atoms with Crippen LogP contribution < -0.4 is 0 Å². The maximum atomic E-state index is 13.5. The van der Waals surface area contributed by atoms with Gasteiger partial charge in [0.15, 0.2) is 0 Å². The topological polar surface area (TPSA) is 30.7 Å². The molecule has 0 amide bonds. The van der Waals surface area contributed by atoms with Gasteiger partial charge in [0, 0.05) is 42.5 Å². The Morgan fingerprint density at radius 1 is 0.878 bits per heavy atom. The number of aromatic nitrogens is 3. The Labute approximate surface area is 307 Å². The second kappa shape index (κ2) is 15.2. The fraction of sp³-hybridized carbons (Fsp3) is 0.220. The van der Waals surface area contributed by atoms with E-state index in [-0.39, 0.29) is 25.7 Å². The SMILES string of the molecule is CC(C)c1cccc(C(C)C)c1Cn1c(-c2[c-]sc3ccc(C(F)(F)F)cc23)nc2ccccc21.[2H]C([2H])([2H])c1ccc(-c2[c-]cccc2)nc1.[Ir]. The minimum Gasteiger partial charge on any atom is -0.360 e. The molecular weight excluding hydrogens is 816 g/mol. The van der Waals surface area contributed by atoms with Crippen molar-refractivity contribution in [3.8, 4) is 22.6 Å². The molecule has 0 aliphatic carbocycles. The van der Waals surface area contributed by atoms with Gasteiger partial charge in [0.1, 0.15) is 0 Å². The molecule has 4 aromatic carbocycles. The monoisotopic (exact) mass is 855 g/mol. The van der Waals surface area contributed by atoms with Gasteiger partial charge in [-0.3, -0.25) is 16.3 Å². The summed E-state index contributed by atoms with van der Waals surface area (Å²) in [6, 6.07) is 32.0. The standard InChI is InChI=1S/C29H26F3N2S.C12H10N.Ir/c1-17(2)20-8-7-9-21(18(3)4)23(20)15-34-26-11-6-5-10-25(26)33-28(34)24-16-35-27-13-12-19(14-22(24)27)29(30,31)32;1-10-7-8-12(13-9-10)11-5-3-2-4-6-11;/h5-14,17-18H,15H2,1-4H3;2-5,7-9H,1H3;/q2*-1;/i;1D3;. The molecule has 0 aliphatic rings. The number of fused-ring (bicyclic) bond motifs is 2. The molecule has 0 unspecified atom stereocenters. The molecule has 0 atom stereocenters. The molecule has 0 aliphatic heterocycles. The largest absolute Gasteiger partial charge is 0.415 e. The summed E-state index contributed by atoms with van der Waals surface area (Å²) < 4.78 is 65.1. The quantitative estimate of drug-likeness (QED) is 0.156. The van der Waals surface area contributed by atoms with Crippen molar-refractivity contribution in [1.29, 1.82) is 0 Å². The Kier molecular flexibility index (Phi) is 9.97. The van der Waals surface area contributed by atoms with Crippen LogP contribution in [0.3, 0.4) is 0 Å². The van der Waals surface area contributed by atoms with Gasteiger partial charge in [0.05, 0.1) is 16.9 Å². The number of halogens is 3. The summed E-state index contributed by atoms with van der Waals surface area (Å²) in [5, 5.41) is 3.79. The zero-order chi connectivity index (χ0) is 36.5. The summed E-state index contributed by atoms with van der Waals surface area (Å²) in [4.78, 5) is 9.02. The molecular formula is C41H36F3IrN3S-2. The van der Waals surface area contributed by atoms with Gasteiger partial charge in [0.25, 0.3) is 0 Å². The zero-order valence-electron chi connectivity index (χ0n) is 30.4. The zero-order valence-corrected chi connectivity index (χ0v) is 30.6. The maximum Gasteiger partial charge on any atom is 0.415 e. The molecule has 0 bridgehead atoms. The van der Waals surface area contributed by atoms with E-state index >= 15 is 0 Å². The summed E-state index contributed by atoms with van der Waals surface area (Å²) in [7, 11) is 0. The molecule has 3 aromatic heterocycles. The Bertz CT molecular complexity index is 2250. The molecule has 49 heavy (non-hydrogen) atoms. The smallest absolute Gasteiger partial charge is 0.360 e. The number of aryl methyl sites for hydroxylation is 1. The fourth-order valence-electron chi connectivity index (χ4n) is 5.90. The van der Waals surface area contributed by atoms with Crippen LogP contribution in [-0.2, 0) is 32.8 Å². The molecule has 3 nitrogen and oxygen atoms in total. The number of imidazole rings is 1. The molecule has 0 saturated carbocycles. The Morgan fingerprint density at radius 3 is 2.24 bits per heavy atom. The second-order valence-electron chi connectivity index (χ2n) is 12.2. The number of alkyl halides is 3. The van der Waals surface area contributed by atoms with Crippen LogP contribution in [0.4, 0.5) is 13.2 Å². The van der Waals surface area contributed by atoms with Crippen LogP contribution in [0.25, 0.3) is 43.8 Å². The first-order chi connectivity index (χ1) is 24.2. The number of para-hydroxylation sites is 2. The molecule has 1 radical (unpaired) electrons. The minimum atomic E-state index is -4.41. The van der Waals surface area contributed by atoms with Crippen LogP contribution in [0.2, 0.25) is 0 Å². The van der Waals surface area contributed by atoms with E-state index in [0.717, 1.165) is 33.1 Å². The molecule has 0 saturated heterocycles. The van der Waals surface area contributed by atoms with Gasteiger partial charge in [0.2, 0.25) is 0 Å². The van der Waals surface area contributed by atoms with E-state index in [1.165, 1.54) is 46.4 Å². The van der Waals surface area contributed by atoms with E-state index < -0.39 is 18.6 Å². The summed E-state index contributed by atoms with van der Waals surface area (Å²) in [6.07, 6.45) is -3.01. The first-order valence-corrected chi connectivity index (χ1v) is 16.6. The van der Waals surface area contributed by atoms with Crippen LogP contribution in [0.5, 0.6) is 0 Å². The van der Waals surface area contributed by atoms with Gasteiger partial charge >= 0.3 is 6.18 Å². The Balaban J connectivity index is 0.000000258. The average molecular weight is 855 g/mol. The van der Waals surface area contributed by atoms with Gasteiger partial charge in [-0.15, -0.1) is 41.3 Å². The number of thiophene rings is 1. The normalized spacial score (nSPS) is 12.7. The molecule has 0 N–H and O–H groups in total. The van der Waals surface area contributed by atoms with Gasteiger partial charge in [-0.05, 0) is 58.8 Å². The van der Waals surface area contributed by atoms with Gasteiger partial charge < -0.3 is 9.55 Å². The third kappa shape index (κ3) is 7.88. The average Bonchev–Trinajstić information content (AvgIpc) is 3.69. The molecule has 0 spiro atoms. The van der Waals surface area contributed by atoms with Crippen molar-refractivity contribution in [3.63, 3.8) is 0 Å². The first-order valence-electron chi connectivity index (χ1n) is 17.2. The van der Waals surface area contributed by atoms with Crippen molar-refractivity contribution < 1.29 is 37.4 Å². The van der Waals surface area contributed by atoms with Gasteiger partial charge in [-0.25, -0.2) is 0 Å². The molecule has 3 heterocycles. The Morgan fingerprint density at radius 2 is 1.61 bits per heavy atom. The number of hydrogen-bond donors (Lipinski definition) is 0. The van der Waals surface area contributed by atoms with Crippen LogP contribution in [0.15, 0.2) is 103 Å². The Hall–Kier alpha value is -4.10. The van der Waals surface area contributed by atoms with Gasteiger partial charge in [-0.2, -0.15) is 13.2 Å². The van der Waals surface area contributed by atoms with E-state index in [9.17, 15) is 13.2 Å². The minimum absolute atomic E-state index is 0. The maximum absolute atomic E-state index is 13.5. The van der Waals surface area contributed by atoms with Crippen molar-refractivity contribution in [1.82, 2.24) is 14.5 Å². The van der Waals surface area contributed by atoms with Crippen LogP contribution in [-0.4, -0.2) is 14.5 Å². The first kappa shape index (κ1) is 32.1. The van der Waals surface area contributed by atoms with E-state index in [1.54, 1.807) is 18.2 Å². The van der Waals surface area contributed by atoms with E-state index in [4.69, 9.17) is 9.10 Å². The fourth-order valence-corrected chi connectivity index (χ4v) is 6.72. The molecule has 253 valence electrons. The summed E-state index contributed by atoms with van der Waals surface area (Å²) >= 11 is 1.32. The van der Waals surface area contributed by atoms with Crippen molar-refractivity contribution >= 4 is 32.5 Å². The van der Waals surface area contributed by atoms with E-state index in [1.807, 2.05) is 42.5 Å². The van der Waals surface area contributed by atoms with Crippen molar-refractivity contribution in [3.05, 3.63) is 143 Å². The van der Waals surface area contributed by atoms with Crippen molar-refractivity contribution in [2.75, 3.05) is 0 Å². The number of rotatable bonds is 6. The second-order valence-corrected chi connectivity index (χ2v) is 13.1. The van der Waals surface area contributed by atoms with E-state index in [0.29, 0.717) is 35.2 Å². The van der Waals surface area contributed by atoms with E-state index in [2.05, 4.69) is 66.9 Å². The molecule has 0 fully saturated rings. The van der Waals surface area contributed by atoms with Crippen LogP contribution >= 0.6 is 11.3 Å². The number of pyridine rings is 1. The van der Waals surface area contributed by atoms with Crippen molar-refractivity contribution in [2.24, 2.45) is 0 Å². The van der Waals surface area contributed by atoms with Gasteiger partial charge in [-0.1, -0.05) is 104 Å². The third-order valence-electron chi connectivity index (χ3n) is 8.27. The predicted molar refractivity (Wildman–Crippen MR) is 191 cm³/mol. The number of hydrogen-bond acceptors (Lipinski definition) is 3. The predicted octanol–water partition coefficient (Wildman–Crippen LogP) is 11.9. The summed E-state index contributed by atoms with van der Waals surface area (Å²) in [5.41, 5.74) is 7.37. The van der Waals surface area contributed by atoms with Crippen LogP contribution in [0, 0.1) is 18.3 Å². The van der Waals surface area contributed by atoms with Crippen LogP contribution in [0.1, 0.15) is 71.5 Å². The summed E-state index contributed by atoms with van der Waals surface area (Å²) in [6.45, 7) is 7.25. The number of nitrogens with zero attached hydrogens (tertiary/aromatic N) is 3. The number of benzene rings is 4. The molecule has 7 rings (SSSR count). The summed E-state index contributed by atoms with van der Waals surface area (Å²) in [5.74, 6) is 1.32. The third-order valence-corrected chi connectivity index (χ3v) is 9.16. The van der Waals surface area contributed by atoms with Crippen molar-refractivity contribution in [2.45, 2.75) is 59.1 Å².